The standard InChI is InChI=1S/C26H26N6O5/c1-2-37-26(36)20-14-19(29-30-20)17-8-9-27-22-18(15-28-21(17)22)23(33)25(35)32-12-10-31(11-13-32)24(34)16-6-4-3-5-7-16/h3-9,14,18,28H,2,10-13,15H2,1H3,(H,29,30). The zero-order chi connectivity index (χ0) is 25.9. The van der Waals surface area contributed by atoms with Gasteiger partial charge in [0.25, 0.3) is 11.8 Å². The van der Waals surface area contributed by atoms with Gasteiger partial charge in [-0.3, -0.25) is 24.5 Å². The van der Waals surface area contributed by atoms with Crippen LogP contribution in [0.1, 0.15) is 39.4 Å². The lowest BCUT2D eigenvalue weighted by Crippen LogP contribution is -2.52. The zero-order valence-electron chi connectivity index (χ0n) is 20.3. The van der Waals surface area contributed by atoms with Crippen molar-refractivity contribution in [1.29, 1.82) is 0 Å². The first-order valence-corrected chi connectivity index (χ1v) is 12.1. The Bertz CT molecular complexity index is 1350. The van der Waals surface area contributed by atoms with Gasteiger partial charge in [-0.2, -0.15) is 5.10 Å². The van der Waals surface area contributed by atoms with Crippen LogP contribution in [0.5, 0.6) is 0 Å². The molecule has 190 valence electrons. The second-order valence-corrected chi connectivity index (χ2v) is 8.75. The van der Waals surface area contributed by atoms with Gasteiger partial charge in [-0.25, -0.2) is 4.79 Å². The monoisotopic (exact) mass is 502 g/mol. The summed E-state index contributed by atoms with van der Waals surface area (Å²) in [6.07, 6.45) is 1.55. The van der Waals surface area contributed by atoms with Crippen molar-refractivity contribution in [3.05, 3.63) is 65.6 Å². The third-order valence-electron chi connectivity index (χ3n) is 6.54. The number of benzene rings is 1. The fourth-order valence-corrected chi connectivity index (χ4v) is 4.61. The summed E-state index contributed by atoms with van der Waals surface area (Å²) in [4.78, 5) is 58.5. The van der Waals surface area contributed by atoms with Gasteiger partial charge < -0.3 is 19.9 Å². The number of carbonyl (C=O) groups excluding carboxylic acids is 4. The SMILES string of the molecule is CCOC(=O)c1cc(-c2ccnc3c2NCC3C(=O)C(=O)N2CCN(C(=O)c3ccccc3)CC2)n[nH]1. The highest BCUT2D eigenvalue weighted by atomic mass is 16.5. The van der Waals surface area contributed by atoms with Gasteiger partial charge in [-0.1, -0.05) is 18.2 Å². The molecule has 5 rings (SSSR count). The number of carbonyl (C=O) groups is 4. The summed E-state index contributed by atoms with van der Waals surface area (Å²) in [6, 6.07) is 12.3. The molecule has 2 aliphatic heterocycles. The maximum absolute atomic E-state index is 13.2. The number of rotatable bonds is 6. The van der Waals surface area contributed by atoms with Gasteiger partial charge in [-0.15, -0.1) is 0 Å². The lowest BCUT2D eigenvalue weighted by Gasteiger charge is -2.34. The molecule has 2 aliphatic rings. The quantitative estimate of drug-likeness (QED) is 0.384. The average molecular weight is 503 g/mol. The number of H-pyrrole nitrogens is 1. The van der Waals surface area contributed by atoms with E-state index in [0.717, 1.165) is 0 Å². The number of aromatic nitrogens is 3. The Kier molecular flexibility index (Phi) is 6.67. The first-order valence-electron chi connectivity index (χ1n) is 12.1. The number of amides is 2. The molecule has 1 aromatic carbocycles. The van der Waals surface area contributed by atoms with E-state index in [1.165, 1.54) is 4.90 Å². The third-order valence-corrected chi connectivity index (χ3v) is 6.54. The van der Waals surface area contributed by atoms with E-state index >= 15 is 0 Å². The van der Waals surface area contributed by atoms with Crippen molar-refractivity contribution < 1.29 is 23.9 Å². The van der Waals surface area contributed by atoms with Crippen LogP contribution in [0.4, 0.5) is 5.69 Å². The molecule has 1 unspecified atom stereocenters. The Morgan fingerprint density at radius 1 is 1.03 bits per heavy atom. The topological polar surface area (TPSA) is 138 Å². The van der Waals surface area contributed by atoms with Crippen molar-refractivity contribution in [2.45, 2.75) is 12.8 Å². The molecule has 0 spiro atoms. The molecule has 11 nitrogen and oxygen atoms in total. The van der Waals surface area contributed by atoms with Crippen molar-refractivity contribution in [3.8, 4) is 11.3 Å². The van der Waals surface area contributed by atoms with Crippen LogP contribution >= 0.6 is 0 Å². The number of nitrogens with zero attached hydrogens (tertiary/aromatic N) is 4. The minimum absolute atomic E-state index is 0.0887. The van der Waals surface area contributed by atoms with Crippen LogP contribution in [0.3, 0.4) is 0 Å². The van der Waals surface area contributed by atoms with Crippen molar-refractivity contribution >= 4 is 29.3 Å². The summed E-state index contributed by atoms with van der Waals surface area (Å²) < 4.78 is 5.00. The largest absolute Gasteiger partial charge is 0.461 e. The van der Waals surface area contributed by atoms with E-state index in [-0.39, 0.29) is 37.8 Å². The second kappa shape index (κ2) is 10.2. The van der Waals surface area contributed by atoms with Gasteiger partial charge in [0.05, 0.1) is 29.6 Å². The molecule has 1 fully saturated rings. The molecular weight excluding hydrogens is 476 g/mol. The van der Waals surface area contributed by atoms with Crippen LogP contribution in [-0.4, -0.2) is 87.9 Å². The fourth-order valence-electron chi connectivity index (χ4n) is 4.61. The summed E-state index contributed by atoms with van der Waals surface area (Å²) in [5.74, 6) is -2.47. The van der Waals surface area contributed by atoms with Gasteiger partial charge in [0.1, 0.15) is 5.69 Å². The van der Waals surface area contributed by atoms with E-state index in [1.807, 2.05) is 18.2 Å². The summed E-state index contributed by atoms with van der Waals surface area (Å²) in [5.41, 5.74) is 3.04. The normalized spacial score (nSPS) is 16.6. The Labute approximate surface area is 212 Å². The average Bonchev–Trinajstić information content (AvgIpc) is 3.60. The molecule has 3 aromatic rings. The number of Topliss-reactive ketones (excluding diaryl/α,β-unsaturated/α-hetero) is 1. The number of anilines is 1. The summed E-state index contributed by atoms with van der Waals surface area (Å²) in [6.45, 7) is 3.48. The molecule has 0 aliphatic carbocycles. The summed E-state index contributed by atoms with van der Waals surface area (Å²) in [7, 11) is 0. The van der Waals surface area contributed by atoms with Crippen molar-refractivity contribution in [2.75, 3.05) is 44.6 Å². The second-order valence-electron chi connectivity index (χ2n) is 8.75. The highest BCUT2D eigenvalue weighted by molar-refractivity contribution is 6.38. The highest BCUT2D eigenvalue weighted by Gasteiger charge is 2.38. The minimum Gasteiger partial charge on any atom is -0.461 e. The van der Waals surface area contributed by atoms with Crippen LogP contribution in [-0.2, 0) is 14.3 Å². The van der Waals surface area contributed by atoms with E-state index in [1.54, 1.807) is 42.3 Å². The summed E-state index contributed by atoms with van der Waals surface area (Å²) in [5, 5.41) is 10.1. The van der Waals surface area contributed by atoms with E-state index in [2.05, 4.69) is 20.5 Å². The molecule has 0 bridgehead atoms. The molecule has 2 aromatic heterocycles. The Morgan fingerprint density at radius 3 is 2.49 bits per heavy atom. The zero-order valence-corrected chi connectivity index (χ0v) is 20.3. The molecule has 2 N–H and O–H groups in total. The Morgan fingerprint density at radius 2 is 1.76 bits per heavy atom. The van der Waals surface area contributed by atoms with Crippen LogP contribution in [0.15, 0.2) is 48.7 Å². The molecule has 4 heterocycles. The lowest BCUT2D eigenvalue weighted by molar-refractivity contribution is -0.146. The van der Waals surface area contributed by atoms with Gasteiger partial charge in [-0.05, 0) is 31.2 Å². The Hall–Kier alpha value is -4.54. The molecule has 37 heavy (non-hydrogen) atoms. The molecule has 11 heteroatoms. The van der Waals surface area contributed by atoms with Crippen molar-refractivity contribution in [3.63, 3.8) is 0 Å². The number of ether oxygens (including phenoxy) is 1. The number of pyridine rings is 1. The molecule has 0 radical (unpaired) electrons. The molecule has 1 saturated heterocycles. The van der Waals surface area contributed by atoms with Crippen molar-refractivity contribution in [1.82, 2.24) is 25.0 Å². The first kappa shape index (κ1) is 24.2. The van der Waals surface area contributed by atoms with Crippen LogP contribution < -0.4 is 5.32 Å². The number of fused-ring (bicyclic) bond motifs is 1. The minimum atomic E-state index is -0.741. The summed E-state index contributed by atoms with van der Waals surface area (Å²) >= 11 is 0. The van der Waals surface area contributed by atoms with Crippen LogP contribution in [0, 0.1) is 0 Å². The smallest absolute Gasteiger partial charge is 0.356 e. The van der Waals surface area contributed by atoms with Crippen LogP contribution in [0.25, 0.3) is 11.3 Å². The van der Waals surface area contributed by atoms with Gasteiger partial charge in [0.2, 0.25) is 5.78 Å². The number of piperazine rings is 1. The van der Waals surface area contributed by atoms with Crippen molar-refractivity contribution in [2.24, 2.45) is 0 Å². The predicted octanol–water partition coefficient (Wildman–Crippen LogP) is 1.71. The molecule has 0 saturated carbocycles. The first-order chi connectivity index (χ1) is 18.0. The van der Waals surface area contributed by atoms with E-state index < -0.39 is 23.6 Å². The molecular formula is C26H26N6O5. The number of ketones is 1. The molecule has 2 amide bonds. The van der Waals surface area contributed by atoms with E-state index in [9.17, 15) is 19.2 Å². The van der Waals surface area contributed by atoms with E-state index in [4.69, 9.17) is 4.74 Å². The maximum Gasteiger partial charge on any atom is 0.356 e. The number of hydrogen-bond donors (Lipinski definition) is 2. The van der Waals surface area contributed by atoms with Gasteiger partial charge in [0.15, 0.2) is 0 Å². The van der Waals surface area contributed by atoms with Gasteiger partial charge in [0, 0.05) is 50.0 Å². The lowest BCUT2D eigenvalue weighted by atomic mass is 9.98. The molecule has 1 atom stereocenters. The third kappa shape index (κ3) is 4.67. The number of aromatic amines is 1. The van der Waals surface area contributed by atoms with Crippen LogP contribution in [0.2, 0.25) is 0 Å². The van der Waals surface area contributed by atoms with E-state index in [0.29, 0.717) is 41.3 Å². The number of hydrogen-bond acceptors (Lipinski definition) is 8. The highest BCUT2D eigenvalue weighted by Crippen LogP contribution is 2.38. The number of esters is 1. The predicted molar refractivity (Wildman–Crippen MR) is 133 cm³/mol. The fraction of sp³-hybridized carbons (Fsp3) is 0.308. The number of nitrogens with one attached hydrogen (secondary N) is 2. The maximum atomic E-state index is 13.2. The Balaban J connectivity index is 1.26. The van der Waals surface area contributed by atoms with Gasteiger partial charge >= 0.3 is 5.97 Å².